The summed E-state index contributed by atoms with van der Waals surface area (Å²) < 4.78 is 0. The van der Waals surface area contributed by atoms with Gasteiger partial charge in [-0.3, -0.25) is 0 Å². The van der Waals surface area contributed by atoms with E-state index >= 15 is 0 Å². The summed E-state index contributed by atoms with van der Waals surface area (Å²) in [4.78, 5) is 11.8. The number of fused-ring (bicyclic) bond motifs is 2. The van der Waals surface area contributed by atoms with Crippen molar-refractivity contribution in [3.05, 3.63) is 30.3 Å². The van der Waals surface area contributed by atoms with Gasteiger partial charge in [0, 0.05) is 5.92 Å². The van der Waals surface area contributed by atoms with Crippen LogP contribution in [0.1, 0.15) is 26.7 Å². The summed E-state index contributed by atoms with van der Waals surface area (Å²) in [5.74, 6) is 1.75. The molecule has 2 heteroatoms. The topological polar surface area (TPSA) is 17.1 Å². The van der Waals surface area contributed by atoms with E-state index in [0.717, 1.165) is 5.92 Å². The van der Waals surface area contributed by atoms with E-state index < -0.39 is 8.07 Å². The summed E-state index contributed by atoms with van der Waals surface area (Å²) in [6.45, 7) is 9.66. The van der Waals surface area contributed by atoms with Crippen molar-refractivity contribution < 1.29 is 4.79 Å². The quantitative estimate of drug-likeness (QED) is 0.609. The number of carbonyl (C=O) groups is 1. The molecule has 2 bridgehead atoms. The molecule has 3 aliphatic rings. The van der Waals surface area contributed by atoms with Crippen molar-refractivity contribution in [2.24, 2.45) is 23.2 Å². The fourth-order valence-electron chi connectivity index (χ4n) is 4.90. The highest BCUT2D eigenvalue weighted by atomic mass is 28.3. The van der Waals surface area contributed by atoms with Gasteiger partial charge in [0.05, 0.1) is 8.07 Å². The smallest absolute Gasteiger partial charge is 0.123 e. The number of hydrogen-bond donors (Lipinski definition) is 0. The van der Waals surface area contributed by atoms with Gasteiger partial charge >= 0.3 is 0 Å². The zero-order chi connectivity index (χ0) is 14.5. The van der Waals surface area contributed by atoms with Crippen LogP contribution in [0.5, 0.6) is 0 Å². The maximum Gasteiger partial charge on any atom is 0.123 e. The Bertz CT molecular complexity index is 505. The molecule has 0 aromatic heterocycles. The third kappa shape index (κ3) is 1.84. The van der Waals surface area contributed by atoms with Crippen LogP contribution in [-0.2, 0) is 4.79 Å². The van der Waals surface area contributed by atoms with E-state index in [0.29, 0.717) is 16.9 Å². The molecule has 1 nitrogen and oxygen atoms in total. The standard InChI is InChI=1S/C18H26OSi/c1-18(2)13-10-16(18)15(12-19)17(11-13)20(3,4)14-8-6-5-7-9-14/h5-9,12-13,15-17H,10-11H2,1-4H3. The van der Waals surface area contributed by atoms with Gasteiger partial charge in [0.2, 0.25) is 0 Å². The minimum Gasteiger partial charge on any atom is -0.303 e. The van der Waals surface area contributed by atoms with Gasteiger partial charge in [0.25, 0.3) is 0 Å². The maximum atomic E-state index is 11.8. The highest BCUT2D eigenvalue weighted by Crippen LogP contribution is 2.65. The Hall–Kier alpha value is -0.893. The number of aldehydes is 1. The number of carbonyl (C=O) groups excluding carboxylic acids is 1. The molecule has 4 unspecified atom stereocenters. The summed E-state index contributed by atoms with van der Waals surface area (Å²) >= 11 is 0. The molecule has 3 aliphatic carbocycles. The Kier molecular flexibility index (Phi) is 3.20. The van der Waals surface area contributed by atoms with Crippen molar-refractivity contribution >= 4 is 19.5 Å². The lowest BCUT2D eigenvalue weighted by atomic mass is 9.45. The van der Waals surface area contributed by atoms with Crippen molar-refractivity contribution in [2.75, 3.05) is 0 Å². The average molecular weight is 286 g/mol. The Morgan fingerprint density at radius 1 is 1.15 bits per heavy atom. The van der Waals surface area contributed by atoms with E-state index in [4.69, 9.17) is 0 Å². The molecule has 108 valence electrons. The fraction of sp³-hybridized carbons (Fsp3) is 0.611. The van der Waals surface area contributed by atoms with Gasteiger partial charge in [-0.15, -0.1) is 0 Å². The second-order valence-corrected chi connectivity index (χ2v) is 12.8. The van der Waals surface area contributed by atoms with Gasteiger partial charge in [0.15, 0.2) is 0 Å². The average Bonchev–Trinajstić information content (AvgIpc) is 2.47. The summed E-state index contributed by atoms with van der Waals surface area (Å²) in [5, 5.41) is 1.51. The van der Waals surface area contributed by atoms with Crippen LogP contribution >= 0.6 is 0 Å². The molecule has 0 saturated heterocycles. The number of benzene rings is 1. The summed E-state index contributed by atoms with van der Waals surface area (Å²) in [7, 11) is -1.57. The molecule has 0 amide bonds. The zero-order valence-corrected chi connectivity index (χ0v) is 14.1. The van der Waals surface area contributed by atoms with E-state index in [1.807, 2.05) is 0 Å². The van der Waals surface area contributed by atoms with Crippen LogP contribution in [0.4, 0.5) is 0 Å². The van der Waals surface area contributed by atoms with E-state index in [9.17, 15) is 4.79 Å². The summed E-state index contributed by atoms with van der Waals surface area (Å²) in [6.07, 6.45) is 3.84. The van der Waals surface area contributed by atoms with Crippen molar-refractivity contribution in [3.63, 3.8) is 0 Å². The van der Waals surface area contributed by atoms with E-state index in [-0.39, 0.29) is 5.92 Å². The van der Waals surface area contributed by atoms with Crippen molar-refractivity contribution in [2.45, 2.75) is 45.3 Å². The molecular weight excluding hydrogens is 260 g/mol. The zero-order valence-electron chi connectivity index (χ0n) is 13.1. The largest absolute Gasteiger partial charge is 0.303 e. The van der Waals surface area contributed by atoms with Crippen LogP contribution in [0, 0.1) is 23.2 Å². The molecule has 3 saturated carbocycles. The molecule has 4 atom stereocenters. The van der Waals surface area contributed by atoms with E-state index in [1.54, 1.807) is 0 Å². The van der Waals surface area contributed by atoms with Crippen molar-refractivity contribution in [1.82, 2.24) is 0 Å². The Morgan fingerprint density at radius 2 is 1.80 bits per heavy atom. The van der Waals surface area contributed by atoms with Crippen LogP contribution in [0.2, 0.25) is 18.6 Å². The molecule has 1 aromatic rings. The Labute approximate surface area is 123 Å². The first-order valence-corrected chi connectivity index (χ1v) is 11.0. The fourth-order valence-corrected chi connectivity index (χ4v) is 8.53. The van der Waals surface area contributed by atoms with Crippen LogP contribution in [0.25, 0.3) is 0 Å². The monoisotopic (exact) mass is 286 g/mol. The SMILES string of the molecule is CC1(C)C2CC1C(C=O)C([Si](C)(C)c1ccccc1)C2. The number of rotatable bonds is 3. The van der Waals surface area contributed by atoms with Gasteiger partial charge < -0.3 is 4.79 Å². The second-order valence-electron chi connectivity index (χ2n) is 8.00. The highest BCUT2D eigenvalue weighted by Gasteiger charge is 2.60. The van der Waals surface area contributed by atoms with Gasteiger partial charge in [-0.25, -0.2) is 0 Å². The molecule has 0 radical (unpaired) electrons. The highest BCUT2D eigenvalue weighted by molar-refractivity contribution is 6.91. The molecule has 1 aromatic carbocycles. The normalized spacial score (nSPS) is 35.2. The van der Waals surface area contributed by atoms with Crippen molar-refractivity contribution in [3.8, 4) is 0 Å². The lowest BCUT2D eigenvalue weighted by molar-refractivity contribution is -0.135. The third-order valence-corrected chi connectivity index (χ3v) is 10.9. The molecular formula is C18H26OSi. The third-order valence-electron chi connectivity index (χ3n) is 6.62. The lowest BCUT2D eigenvalue weighted by Crippen LogP contribution is -2.61. The summed E-state index contributed by atoms with van der Waals surface area (Å²) in [5.41, 5.74) is 1.02. The molecule has 0 spiro atoms. The van der Waals surface area contributed by atoms with Crippen LogP contribution in [-0.4, -0.2) is 14.4 Å². The Morgan fingerprint density at radius 3 is 2.35 bits per heavy atom. The van der Waals surface area contributed by atoms with Crippen LogP contribution in [0.3, 0.4) is 0 Å². The van der Waals surface area contributed by atoms with Crippen LogP contribution < -0.4 is 5.19 Å². The van der Waals surface area contributed by atoms with Gasteiger partial charge in [-0.2, -0.15) is 0 Å². The van der Waals surface area contributed by atoms with Gasteiger partial charge in [-0.05, 0) is 35.6 Å². The lowest BCUT2D eigenvalue weighted by Gasteiger charge is -2.63. The predicted molar refractivity (Wildman–Crippen MR) is 86.9 cm³/mol. The Balaban J connectivity index is 1.93. The van der Waals surface area contributed by atoms with Crippen LogP contribution in [0.15, 0.2) is 30.3 Å². The van der Waals surface area contributed by atoms with Gasteiger partial charge in [0.1, 0.15) is 6.29 Å². The molecule has 0 aliphatic heterocycles. The van der Waals surface area contributed by atoms with E-state index in [1.165, 1.54) is 24.3 Å². The maximum absolute atomic E-state index is 11.8. The minimum absolute atomic E-state index is 0.289. The second kappa shape index (κ2) is 4.56. The molecule has 0 N–H and O–H groups in total. The molecule has 20 heavy (non-hydrogen) atoms. The first-order valence-electron chi connectivity index (χ1n) is 7.90. The molecule has 0 heterocycles. The van der Waals surface area contributed by atoms with Crippen molar-refractivity contribution in [1.29, 1.82) is 0 Å². The summed E-state index contributed by atoms with van der Waals surface area (Å²) in [6, 6.07) is 10.9. The van der Waals surface area contributed by atoms with E-state index in [2.05, 4.69) is 57.3 Å². The first kappa shape index (κ1) is 14.1. The molecule has 4 rings (SSSR count). The molecule has 3 fully saturated rings. The minimum atomic E-state index is -1.57. The van der Waals surface area contributed by atoms with Gasteiger partial charge in [-0.1, -0.05) is 62.5 Å². The first-order chi connectivity index (χ1) is 9.39. The predicted octanol–water partition coefficient (Wildman–Crippen LogP) is 3.85. The number of hydrogen-bond acceptors (Lipinski definition) is 1.